The van der Waals surface area contributed by atoms with Crippen molar-refractivity contribution in [3.05, 3.63) is 75.8 Å². The van der Waals surface area contributed by atoms with Crippen LogP contribution in [0.1, 0.15) is 29.9 Å². The highest BCUT2D eigenvalue weighted by Gasteiger charge is 2.16. The lowest BCUT2D eigenvalue weighted by atomic mass is 10.1. The van der Waals surface area contributed by atoms with Gasteiger partial charge in [-0.15, -0.1) is 0 Å². The van der Waals surface area contributed by atoms with Crippen LogP contribution in [0.2, 0.25) is 0 Å². The second kappa shape index (κ2) is 6.34. The van der Waals surface area contributed by atoms with Crippen LogP contribution in [0.4, 0.5) is 0 Å². The summed E-state index contributed by atoms with van der Waals surface area (Å²) < 4.78 is 0. The Bertz CT molecular complexity index is 885. The second-order valence-electron chi connectivity index (χ2n) is 5.99. The maximum absolute atomic E-state index is 12.2. The number of rotatable bonds is 4. The molecule has 4 heteroatoms. The third-order valence-electron chi connectivity index (χ3n) is 4.37. The molecule has 1 atom stereocenters. The summed E-state index contributed by atoms with van der Waals surface area (Å²) in [6, 6.07) is 15.8. The van der Waals surface area contributed by atoms with E-state index in [0.717, 1.165) is 12.1 Å². The maximum Gasteiger partial charge on any atom is 0.258 e. The van der Waals surface area contributed by atoms with E-state index in [1.807, 2.05) is 31.3 Å². The van der Waals surface area contributed by atoms with Crippen molar-refractivity contribution in [2.75, 3.05) is 7.05 Å². The highest BCUT2D eigenvalue weighted by Crippen LogP contribution is 2.19. The second-order valence-corrected chi connectivity index (χ2v) is 5.99. The molecule has 0 spiro atoms. The van der Waals surface area contributed by atoms with Gasteiger partial charge in [-0.3, -0.25) is 9.69 Å². The fourth-order valence-corrected chi connectivity index (χ4v) is 2.70. The lowest BCUT2D eigenvalue weighted by Crippen LogP contribution is -2.26. The monoisotopic (exact) mass is 307 g/mol. The van der Waals surface area contributed by atoms with Gasteiger partial charge in [-0.1, -0.05) is 36.4 Å². The Morgan fingerprint density at radius 1 is 1.13 bits per heavy atom. The largest absolute Gasteiger partial charge is 0.309 e. The number of hydrogen-bond donors (Lipinski definition) is 1. The molecule has 0 radical (unpaired) electrons. The first-order valence-electron chi connectivity index (χ1n) is 7.80. The topological polar surface area (TPSA) is 49.0 Å². The van der Waals surface area contributed by atoms with Crippen molar-refractivity contribution in [1.29, 1.82) is 0 Å². The highest BCUT2D eigenvalue weighted by atomic mass is 16.1. The predicted octanol–water partition coefficient (Wildman–Crippen LogP) is 3.42. The fraction of sp³-hybridized carbons (Fsp3) is 0.263. The van der Waals surface area contributed by atoms with Crippen LogP contribution in [0, 0.1) is 6.92 Å². The van der Waals surface area contributed by atoms with Gasteiger partial charge in [0.05, 0.1) is 16.9 Å². The summed E-state index contributed by atoms with van der Waals surface area (Å²) in [7, 11) is 2.05. The molecule has 0 amide bonds. The number of aromatic amines is 1. The zero-order chi connectivity index (χ0) is 16.4. The molecule has 118 valence electrons. The average molecular weight is 307 g/mol. The highest BCUT2D eigenvalue weighted by molar-refractivity contribution is 5.77. The maximum atomic E-state index is 12.2. The first-order chi connectivity index (χ1) is 11.1. The van der Waals surface area contributed by atoms with Crippen LogP contribution < -0.4 is 5.56 Å². The molecule has 23 heavy (non-hydrogen) atoms. The van der Waals surface area contributed by atoms with E-state index in [-0.39, 0.29) is 11.6 Å². The molecule has 0 aliphatic heterocycles. The Morgan fingerprint density at radius 3 is 2.61 bits per heavy atom. The summed E-state index contributed by atoms with van der Waals surface area (Å²) in [6.45, 7) is 4.99. The van der Waals surface area contributed by atoms with Crippen molar-refractivity contribution in [1.82, 2.24) is 14.9 Å². The minimum absolute atomic E-state index is 0.0203. The molecule has 1 aromatic heterocycles. The summed E-state index contributed by atoms with van der Waals surface area (Å²) in [5.74, 6) is 0.699. The molecule has 1 heterocycles. The number of hydrogen-bond acceptors (Lipinski definition) is 3. The Balaban J connectivity index is 1.89. The number of benzene rings is 2. The predicted molar refractivity (Wildman–Crippen MR) is 93.4 cm³/mol. The molecular weight excluding hydrogens is 286 g/mol. The lowest BCUT2D eigenvalue weighted by Gasteiger charge is -2.24. The van der Waals surface area contributed by atoms with E-state index in [2.05, 4.69) is 46.9 Å². The van der Waals surface area contributed by atoms with Gasteiger partial charge in [0.1, 0.15) is 5.82 Å². The van der Waals surface area contributed by atoms with Gasteiger partial charge in [0.25, 0.3) is 5.56 Å². The summed E-state index contributed by atoms with van der Waals surface area (Å²) in [5.41, 5.74) is 3.21. The van der Waals surface area contributed by atoms with Crippen LogP contribution in [-0.4, -0.2) is 21.9 Å². The van der Waals surface area contributed by atoms with E-state index in [4.69, 9.17) is 0 Å². The fourth-order valence-electron chi connectivity index (χ4n) is 2.70. The molecule has 3 rings (SSSR count). The van der Waals surface area contributed by atoms with Gasteiger partial charge >= 0.3 is 0 Å². The van der Waals surface area contributed by atoms with Crippen molar-refractivity contribution < 1.29 is 0 Å². The molecule has 0 saturated heterocycles. The number of para-hydroxylation sites is 1. The van der Waals surface area contributed by atoms with Crippen LogP contribution in [0.15, 0.2) is 53.3 Å². The minimum Gasteiger partial charge on any atom is -0.309 e. The number of aryl methyl sites for hydroxylation is 1. The molecule has 0 aliphatic carbocycles. The van der Waals surface area contributed by atoms with E-state index in [1.165, 1.54) is 11.1 Å². The van der Waals surface area contributed by atoms with E-state index in [9.17, 15) is 4.79 Å². The zero-order valence-electron chi connectivity index (χ0n) is 13.7. The van der Waals surface area contributed by atoms with Gasteiger partial charge in [0.2, 0.25) is 0 Å². The first-order valence-corrected chi connectivity index (χ1v) is 7.80. The molecule has 1 N–H and O–H groups in total. The summed E-state index contributed by atoms with van der Waals surface area (Å²) in [4.78, 5) is 22.0. The number of nitrogens with zero attached hydrogens (tertiary/aromatic N) is 2. The Labute approximate surface area is 135 Å². The Morgan fingerprint density at radius 2 is 1.83 bits per heavy atom. The number of fused-ring (bicyclic) bond motifs is 1. The third kappa shape index (κ3) is 3.17. The van der Waals surface area contributed by atoms with E-state index < -0.39 is 0 Å². The molecular formula is C19H21N3O. The average Bonchev–Trinajstić information content (AvgIpc) is 2.56. The summed E-state index contributed by atoms with van der Waals surface area (Å²) in [5, 5.41) is 0.630. The van der Waals surface area contributed by atoms with Crippen LogP contribution >= 0.6 is 0 Å². The number of H-pyrrole nitrogens is 1. The molecule has 4 nitrogen and oxygen atoms in total. The standard InChI is InChI=1S/C19H21N3O/c1-13-8-4-5-9-15(13)12-22(3)14(2)18-20-17-11-7-6-10-16(17)19(23)21-18/h4-11,14H,12H2,1-3H3,(H,20,21,23). The van der Waals surface area contributed by atoms with Crippen molar-refractivity contribution in [3.8, 4) is 0 Å². The summed E-state index contributed by atoms with van der Waals surface area (Å²) in [6.07, 6.45) is 0. The van der Waals surface area contributed by atoms with Crippen LogP contribution in [0.5, 0.6) is 0 Å². The van der Waals surface area contributed by atoms with Gasteiger partial charge < -0.3 is 4.98 Å². The molecule has 1 unspecified atom stereocenters. The minimum atomic E-state index is -0.0817. The van der Waals surface area contributed by atoms with Crippen molar-refractivity contribution in [2.24, 2.45) is 0 Å². The van der Waals surface area contributed by atoms with Crippen LogP contribution in [-0.2, 0) is 6.54 Å². The van der Waals surface area contributed by atoms with E-state index in [0.29, 0.717) is 11.2 Å². The molecule has 0 saturated carbocycles. The zero-order valence-corrected chi connectivity index (χ0v) is 13.7. The Kier molecular flexibility index (Phi) is 4.26. The number of nitrogens with one attached hydrogen (secondary N) is 1. The van der Waals surface area contributed by atoms with E-state index in [1.54, 1.807) is 6.07 Å². The van der Waals surface area contributed by atoms with Crippen molar-refractivity contribution >= 4 is 10.9 Å². The van der Waals surface area contributed by atoms with E-state index >= 15 is 0 Å². The van der Waals surface area contributed by atoms with Crippen molar-refractivity contribution in [2.45, 2.75) is 26.4 Å². The normalized spacial score (nSPS) is 12.7. The molecule has 0 bridgehead atoms. The van der Waals surface area contributed by atoms with Gasteiger partial charge in [0.15, 0.2) is 0 Å². The third-order valence-corrected chi connectivity index (χ3v) is 4.37. The van der Waals surface area contributed by atoms with Gasteiger partial charge in [-0.25, -0.2) is 4.98 Å². The van der Waals surface area contributed by atoms with Gasteiger partial charge in [-0.05, 0) is 44.2 Å². The SMILES string of the molecule is Cc1ccccc1CN(C)C(C)c1nc2ccccc2c(=O)[nH]1. The lowest BCUT2D eigenvalue weighted by molar-refractivity contribution is 0.243. The van der Waals surface area contributed by atoms with Crippen LogP contribution in [0.25, 0.3) is 10.9 Å². The van der Waals surface area contributed by atoms with Gasteiger partial charge in [-0.2, -0.15) is 0 Å². The van der Waals surface area contributed by atoms with Crippen molar-refractivity contribution in [3.63, 3.8) is 0 Å². The smallest absolute Gasteiger partial charge is 0.258 e. The van der Waals surface area contributed by atoms with Gasteiger partial charge in [0, 0.05) is 6.54 Å². The quantitative estimate of drug-likeness (QED) is 0.803. The molecule has 2 aromatic carbocycles. The first kappa shape index (κ1) is 15.4. The number of aromatic nitrogens is 2. The Hall–Kier alpha value is -2.46. The molecule has 3 aromatic rings. The summed E-state index contributed by atoms with van der Waals surface area (Å²) >= 11 is 0. The molecule has 0 aliphatic rings. The molecule has 0 fully saturated rings. The van der Waals surface area contributed by atoms with Crippen LogP contribution in [0.3, 0.4) is 0 Å².